The van der Waals surface area contributed by atoms with E-state index in [1.807, 2.05) is 6.07 Å². The van der Waals surface area contributed by atoms with E-state index in [4.69, 9.17) is 10.5 Å². The van der Waals surface area contributed by atoms with E-state index in [-0.39, 0.29) is 5.12 Å². The average molecular weight is 235 g/mol. The molecule has 0 aliphatic heterocycles. The van der Waals surface area contributed by atoms with Crippen LogP contribution in [-0.4, -0.2) is 18.0 Å². The summed E-state index contributed by atoms with van der Waals surface area (Å²) in [5.41, 5.74) is 7.09. The number of rotatable bonds is 2. The molecule has 4 heteroatoms. The number of nitrogen functional groups attached to an aromatic ring is 1. The monoisotopic (exact) mass is 235 g/mol. The molecule has 1 aromatic carbocycles. The van der Waals surface area contributed by atoms with Crippen molar-refractivity contribution >= 4 is 22.6 Å². The molecule has 0 atom stereocenters. The van der Waals surface area contributed by atoms with Gasteiger partial charge in [0.2, 0.25) is 0 Å². The molecule has 0 aliphatic carbocycles. The highest BCUT2D eigenvalue weighted by Gasteiger charge is 1.98. The van der Waals surface area contributed by atoms with Crippen LogP contribution in [0.4, 0.5) is 5.69 Å². The molecule has 0 heterocycles. The second-order valence-electron chi connectivity index (χ2n) is 3.04. The van der Waals surface area contributed by atoms with Crippen LogP contribution in [0, 0.1) is 11.8 Å². The Morgan fingerprint density at radius 3 is 2.94 bits per heavy atom. The van der Waals surface area contributed by atoms with Crippen LogP contribution in [0.15, 0.2) is 18.2 Å². The minimum absolute atomic E-state index is 0.0733. The van der Waals surface area contributed by atoms with Crippen LogP contribution in [0.3, 0.4) is 0 Å². The lowest BCUT2D eigenvalue weighted by Crippen LogP contribution is -1.92. The Kier molecular flexibility index (Phi) is 4.74. The van der Waals surface area contributed by atoms with Crippen LogP contribution >= 0.6 is 11.8 Å². The van der Waals surface area contributed by atoms with Gasteiger partial charge >= 0.3 is 0 Å². The quantitative estimate of drug-likeness (QED) is 0.628. The van der Waals surface area contributed by atoms with Crippen molar-refractivity contribution in [3.05, 3.63) is 23.8 Å². The van der Waals surface area contributed by atoms with Gasteiger partial charge in [-0.2, -0.15) is 0 Å². The Morgan fingerprint density at radius 1 is 1.56 bits per heavy atom. The summed E-state index contributed by atoms with van der Waals surface area (Å²) >= 11 is 1.20. The van der Waals surface area contributed by atoms with Crippen molar-refractivity contribution in [1.82, 2.24) is 0 Å². The summed E-state index contributed by atoms with van der Waals surface area (Å²) in [5, 5.41) is 0.0733. The van der Waals surface area contributed by atoms with Gasteiger partial charge in [-0.25, -0.2) is 0 Å². The van der Waals surface area contributed by atoms with Crippen molar-refractivity contribution in [2.24, 2.45) is 0 Å². The minimum Gasteiger partial charge on any atom is -0.495 e. The van der Waals surface area contributed by atoms with E-state index in [1.54, 1.807) is 19.2 Å². The van der Waals surface area contributed by atoms with Crippen molar-refractivity contribution < 1.29 is 9.53 Å². The zero-order chi connectivity index (χ0) is 12.0. The normalized spacial score (nSPS) is 9.12. The summed E-state index contributed by atoms with van der Waals surface area (Å²) in [5.74, 6) is 6.96. The molecular formula is C12H13NO2S. The van der Waals surface area contributed by atoms with Crippen LogP contribution in [0.1, 0.15) is 12.5 Å². The Morgan fingerprint density at radius 2 is 2.31 bits per heavy atom. The Labute approximate surface area is 99.4 Å². The molecule has 0 saturated heterocycles. The first-order valence-corrected chi connectivity index (χ1v) is 5.68. The summed E-state index contributed by atoms with van der Waals surface area (Å²) in [7, 11) is 1.56. The summed E-state index contributed by atoms with van der Waals surface area (Å²) in [4.78, 5) is 10.7. The number of anilines is 1. The predicted octanol–water partition coefficient (Wildman–Crippen LogP) is 1.91. The van der Waals surface area contributed by atoms with E-state index in [0.29, 0.717) is 17.2 Å². The number of benzene rings is 1. The molecule has 0 aliphatic rings. The maximum atomic E-state index is 10.7. The van der Waals surface area contributed by atoms with Crippen molar-refractivity contribution in [2.75, 3.05) is 18.6 Å². The zero-order valence-electron chi connectivity index (χ0n) is 9.24. The lowest BCUT2D eigenvalue weighted by molar-refractivity contribution is -0.109. The summed E-state index contributed by atoms with van der Waals surface area (Å²) < 4.78 is 5.08. The van der Waals surface area contributed by atoms with E-state index in [1.165, 1.54) is 18.7 Å². The first-order valence-electron chi connectivity index (χ1n) is 4.69. The van der Waals surface area contributed by atoms with Gasteiger partial charge in [0.15, 0.2) is 5.12 Å². The Hall–Kier alpha value is -1.60. The molecule has 84 valence electrons. The van der Waals surface area contributed by atoms with E-state index >= 15 is 0 Å². The predicted molar refractivity (Wildman–Crippen MR) is 67.4 cm³/mol. The second-order valence-corrected chi connectivity index (χ2v) is 4.19. The fourth-order valence-electron chi connectivity index (χ4n) is 1.06. The number of carbonyl (C=O) groups excluding carboxylic acids is 1. The highest BCUT2D eigenvalue weighted by atomic mass is 32.2. The molecule has 16 heavy (non-hydrogen) atoms. The van der Waals surface area contributed by atoms with Gasteiger partial charge in [-0.05, 0) is 18.2 Å². The van der Waals surface area contributed by atoms with Gasteiger partial charge < -0.3 is 10.5 Å². The van der Waals surface area contributed by atoms with Crippen LogP contribution in [0.25, 0.3) is 0 Å². The number of methoxy groups -OCH3 is 1. The van der Waals surface area contributed by atoms with Gasteiger partial charge in [-0.15, -0.1) is 0 Å². The third kappa shape index (κ3) is 3.87. The number of hydrogen-bond acceptors (Lipinski definition) is 4. The molecule has 1 aromatic rings. The van der Waals surface area contributed by atoms with Gasteiger partial charge in [-0.3, -0.25) is 4.79 Å². The van der Waals surface area contributed by atoms with Crippen molar-refractivity contribution in [3.8, 4) is 17.6 Å². The molecule has 0 saturated carbocycles. The van der Waals surface area contributed by atoms with Gasteiger partial charge in [0, 0.05) is 12.5 Å². The summed E-state index contributed by atoms with van der Waals surface area (Å²) in [6, 6.07) is 5.35. The lowest BCUT2D eigenvalue weighted by atomic mass is 10.2. The molecule has 1 rings (SSSR count). The number of nitrogens with two attached hydrogens (primary N) is 1. The Bertz CT molecular complexity index is 446. The van der Waals surface area contributed by atoms with Crippen LogP contribution in [0.2, 0.25) is 0 Å². The lowest BCUT2D eigenvalue weighted by Gasteiger charge is -2.03. The third-order valence-corrected chi connectivity index (χ3v) is 2.51. The highest BCUT2D eigenvalue weighted by Crippen LogP contribution is 2.21. The number of ether oxygens (including phenoxy) is 1. The fraction of sp³-hybridized carbons (Fsp3) is 0.250. The first-order chi connectivity index (χ1) is 7.63. The molecule has 0 aromatic heterocycles. The zero-order valence-corrected chi connectivity index (χ0v) is 10.1. The SMILES string of the molecule is COc1cc(C#CCSC(C)=O)ccc1N. The fourth-order valence-corrected chi connectivity index (χ4v) is 1.41. The van der Waals surface area contributed by atoms with Crippen LogP contribution in [0.5, 0.6) is 5.75 Å². The average Bonchev–Trinajstić information content (AvgIpc) is 2.26. The summed E-state index contributed by atoms with van der Waals surface area (Å²) in [6.45, 7) is 1.53. The molecule has 0 spiro atoms. The molecule has 3 nitrogen and oxygen atoms in total. The van der Waals surface area contributed by atoms with Gasteiger partial charge in [0.1, 0.15) is 5.75 Å². The second kappa shape index (κ2) is 6.09. The number of thioether (sulfide) groups is 1. The molecular weight excluding hydrogens is 222 g/mol. The van der Waals surface area contributed by atoms with Gasteiger partial charge in [-0.1, -0.05) is 23.6 Å². The molecule has 0 amide bonds. The summed E-state index contributed by atoms with van der Waals surface area (Å²) in [6.07, 6.45) is 0. The maximum Gasteiger partial charge on any atom is 0.186 e. The smallest absolute Gasteiger partial charge is 0.186 e. The van der Waals surface area contributed by atoms with E-state index < -0.39 is 0 Å². The van der Waals surface area contributed by atoms with Gasteiger partial charge in [0.25, 0.3) is 0 Å². The minimum atomic E-state index is 0.0733. The molecule has 0 unspecified atom stereocenters. The van der Waals surface area contributed by atoms with Crippen molar-refractivity contribution in [1.29, 1.82) is 0 Å². The van der Waals surface area contributed by atoms with Crippen molar-refractivity contribution in [2.45, 2.75) is 6.92 Å². The van der Waals surface area contributed by atoms with Crippen LogP contribution in [-0.2, 0) is 4.79 Å². The number of hydrogen-bond donors (Lipinski definition) is 1. The van der Waals surface area contributed by atoms with E-state index in [2.05, 4.69) is 11.8 Å². The van der Waals surface area contributed by atoms with E-state index in [9.17, 15) is 4.79 Å². The molecule has 0 radical (unpaired) electrons. The van der Waals surface area contributed by atoms with Crippen LogP contribution < -0.4 is 10.5 Å². The molecule has 0 bridgehead atoms. The topological polar surface area (TPSA) is 52.3 Å². The largest absolute Gasteiger partial charge is 0.495 e. The first kappa shape index (κ1) is 12.5. The molecule has 0 fully saturated rings. The highest BCUT2D eigenvalue weighted by molar-refractivity contribution is 8.13. The number of carbonyl (C=O) groups is 1. The van der Waals surface area contributed by atoms with Crippen molar-refractivity contribution in [3.63, 3.8) is 0 Å². The van der Waals surface area contributed by atoms with Gasteiger partial charge in [0.05, 0.1) is 18.6 Å². The van der Waals surface area contributed by atoms with E-state index in [0.717, 1.165) is 5.56 Å². The third-order valence-electron chi connectivity index (χ3n) is 1.81. The molecule has 2 N–H and O–H groups in total. The maximum absolute atomic E-state index is 10.7. The standard InChI is InChI=1S/C12H13NO2S/c1-9(14)16-7-3-4-10-5-6-11(13)12(8-10)15-2/h5-6,8H,7,13H2,1-2H3. The Balaban J connectivity index is 2.70.